The molecule has 0 amide bonds. The Morgan fingerprint density at radius 2 is 1.69 bits per heavy atom. The minimum Gasteiger partial charge on any atom is -0.207 e. The van der Waals surface area contributed by atoms with Crippen molar-refractivity contribution in [2.24, 2.45) is 0 Å². The van der Waals surface area contributed by atoms with Crippen molar-refractivity contribution in [1.29, 1.82) is 0 Å². The number of allylic oxidation sites excluding steroid dienone is 1. The van der Waals surface area contributed by atoms with Gasteiger partial charge in [0.2, 0.25) is 10.0 Å². The molecule has 2 rings (SSSR count). The maximum atomic E-state index is 13.4. The van der Waals surface area contributed by atoms with Gasteiger partial charge in [-0.15, -0.1) is 0 Å². The minimum absolute atomic E-state index is 0.0167. The van der Waals surface area contributed by atoms with Crippen LogP contribution in [0.4, 0.5) is 8.78 Å². The Morgan fingerprint density at radius 3 is 2.31 bits per heavy atom. The first-order chi connectivity index (χ1) is 12.3. The summed E-state index contributed by atoms with van der Waals surface area (Å²) in [5.74, 6) is 0. The van der Waals surface area contributed by atoms with Crippen molar-refractivity contribution >= 4 is 15.6 Å². The quantitative estimate of drug-likeness (QED) is 0.679. The fourth-order valence-corrected chi connectivity index (χ4v) is 3.63. The fraction of sp³-hybridized carbons (Fsp3) is 0.300. The molecule has 0 aromatic heterocycles. The molecule has 0 fully saturated rings. The van der Waals surface area contributed by atoms with Crippen molar-refractivity contribution in [2.45, 2.75) is 44.6 Å². The van der Waals surface area contributed by atoms with Crippen molar-refractivity contribution < 1.29 is 17.2 Å². The number of rotatable bonds is 8. The number of nitrogens with one attached hydrogen (secondary N) is 1. The molecule has 2 aromatic carbocycles. The maximum absolute atomic E-state index is 13.4. The monoisotopic (exact) mass is 379 g/mol. The SMILES string of the molecule is CCCCC(=C(F)F)c1ccccc1CNS(=O)(=O)c1ccc(C)cc1. The molecular weight excluding hydrogens is 356 g/mol. The van der Waals surface area contributed by atoms with Crippen LogP contribution in [-0.2, 0) is 16.6 Å². The summed E-state index contributed by atoms with van der Waals surface area (Å²) >= 11 is 0. The van der Waals surface area contributed by atoms with Crippen LogP contribution in [0.25, 0.3) is 5.57 Å². The lowest BCUT2D eigenvalue weighted by Crippen LogP contribution is -2.23. The smallest absolute Gasteiger partial charge is 0.207 e. The summed E-state index contributed by atoms with van der Waals surface area (Å²) < 4.78 is 54.2. The van der Waals surface area contributed by atoms with E-state index >= 15 is 0 Å². The van der Waals surface area contributed by atoms with E-state index in [1.165, 1.54) is 12.1 Å². The third-order valence-electron chi connectivity index (χ3n) is 4.13. The molecule has 0 spiro atoms. The van der Waals surface area contributed by atoms with Crippen LogP contribution in [-0.4, -0.2) is 8.42 Å². The molecule has 6 heteroatoms. The Balaban J connectivity index is 2.25. The third-order valence-corrected chi connectivity index (χ3v) is 5.55. The van der Waals surface area contributed by atoms with Gasteiger partial charge in [0.15, 0.2) is 0 Å². The highest BCUT2D eigenvalue weighted by Gasteiger charge is 2.17. The zero-order chi connectivity index (χ0) is 19.2. The Morgan fingerprint density at radius 1 is 1.04 bits per heavy atom. The van der Waals surface area contributed by atoms with E-state index in [2.05, 4.69) is 4.72 Å². The summed E-state index contributed by atoms with van der Waals surface area (Å²) in [6.45, 7) is 3.76. The van der Waals surface area contributed by atoms with Crippen LogP contribution in [0.5, 0.6) is 0 Å². The van der Waals surface area contributed by atoms with Crippen LogP contribution in [0.15, 0.2) is 59.5 Å². The van der Waals surface area contributed by atoms with Gasteiger partial charge in [0.1, 0.15) is 0 Å². The molecular formula is C20H23F2NO2S. The van der Waals surface area contributed by atoms with Crippen molar-refractivity contribution in [3.05, 3.63) is 71.3 Å². The first-order valence-corrected chi connectivity index (χ1v) is 10.0. The lowest BCUT2D eigenvalue weighted by molar-refractivity contribution is 0.422. The van der Waals surface area contributed by atoms with Gasteiger partial charge in [-0.05, 0) is 43.0 Å². The van der Waals surface area contributed by atoms with E-state index in [4.69, 9.17) is 0 Å². The first kappa shape index (κ1) is 20.3. The van der Waals surface area contributed by atoms with Crippen LogP contribution in [0, 0.1) is 6.92 Å². The predicted octanol–water partition coefficient (Wildman–Crippen LogP) is 5.27. The maximum Gasteiger partial charge on any atom is 0.274 e. The molecule has 0 aliphatic rings. The van der Waals surface area contributed by atoms with Crippen molar-refractivity contribution in [2.75, 3.05) is 0 Å². The molecule has 0 atom stereocenters. The van der Waals surface area contributed by atoms with E-state index in [0.29, 0.717) is 17.5 Å². The second-order valence-corrected chi connectivity index (χ2v) is 7.90. The topological polar surface area (TPSA) is 46.2 Å². The highest BCUT2D eigenvalue weighted by Crippen LogP contribution is 2.29. The van der Waals surface area contributed by atoms with Crippen LogP contribution in [0.1, 0.15) is 42.9 Å². The molecule has 140 valence electrons. The van der Waals surface area contributed by atoms with E-state index in [9.17, 15) is 17.2 Å². The van der Waals surface area contributed by atoms with Crippen LogP contribution in [0.3, 0.4) is 0 Å². The minimum atomic E-state index is -3.71. The van der Waals surface area contributed by atoms with Crippen LogP contribution < -0.4 is 4.72 Å². The highest BCUT2D eigenvalue weighted by molar-refractivity contribution is 7.89. The molecule has 0 radical (unpaired) electrons. The first-order valence-electron chi connectivity index (χ1n) is 8.54. The molecule has 26 heavy (non-hydrogen) atoms. The largest absolute Gasteiger partial charge is 0.274 e. The number of sulfonamides is 1. The van der Waals surface area contributed by atoms with Gasteiger partial charge in [-0.1, -0.05) is 55.3 Å². The predicted molar refractivity (Wildman–Crippen MR) is 100 cm³/mol. The Kier molecular flexibility index (Phi) is 7.06. The molecule has 0 heterocycles. The third kappa shape index (κ3) is 5.22. The standard InChI is InChI=1S/C20H23F2NO2S/c1-3-4-8-19(20(21)22)18-9-6-5-7-16(18)14-23-26(24,25)17-12-10-15(2)11-13-17/h5-7,9-13,23H,3-4,8,14H2,1-2H3. The number of hydrogen-bond acceptors (Lipinski definition) is 2. The van der Waals surface area contributed by atoms with Crippen molar-refractivity contribution in [1.82, 2.24) is 4.72 Å². The van der Waals surface area contributed by atoms with Gasteiger partial charge in [0, 0.05) is 12.1 Å². The number of unbranched alkanes of at least 4 members (excludes halogenated alkanes) is 1. The summed E-state index contributed by atoms with van der Waals surface area (Å²) in [5, 5.41) is 0. The highest BCUT2D eigenvalue weighted by atomic mass is 32.2. The second-order valence-electron chi connectivity index (χ2n) is 6.14. The van der Waals surface area contributed by atoms with E-state index < -0.39 is 16.1 Å². The normalized spacial score (nSPS) is 11.4. The van der Waals surface area contributed by atoms with Crippen molar-refractivity contribution in [3.8, 4) is 0 Å². The molecule has 2 aromatic rings. The van der Waals surface area contributed by atoms with Gasteiger partial charge in [-0.25, -0.2) is 13.1 Å². The molecule has 3 nitrogen and oxygen atoms in total. The molecule has 0 saturated carbocycles. The Labute approximate surface area is 153 Å². The fourth-order valence-electron chi connectivity index (χ4n) is 2.63. The summed E-state index contributed by atoms with van der Waals surface area (Å²) in [6, 6.07) is 13.2. The number of benzene rings is 2. The summed E-state index contributed by atoms with van der Waals surface area (Å²) in [7, 11) is -3.71. The van der Waals surface area contributed by atoms with Gasteiger partial charge < -0.3 is 0 Å². The van der Waals surface area contributed by atoms with E-state index in [-0.39, 0.29) is 23.4 Å². The van der Waals surface area contributed by atoms with Crippen molar-refractivity contribution in [3.63, 3.8) is 0 Å². The molecule has 0 unspecified atom stereocenters. The summed E-state index contributed by atoms with van der Waals surface area (Å²) in [5.41, 5.74) is 1.87. The lowest BCUT2D eigenvalue weighted by Gasteiger charge is -2.13. The van der Waals surface area contributed by atoms with Gasteiger partial charge in [-0.3, -0.25) is 0 Å². The van der Waals surface area contributed by atoms with E-state index in [1.807, 2.05) is 13.8 Å². The average molecular weight is 379 g/mol. The van der Waals surface area contributed by atoms with E-state index in [0.717, 1.165) is 12.0 Å². The summed E-state index contributed by atoms with van der Waals surface area (Å²) in [4.78, 5) is 0.152. The molecule has 1 N–H and O–H groups in total. The second kappa shape index (κ2) is 9.05. The Bertz CT molecular complexity index is 871. The van der Waals surface area contributed by atoms with Gasteiger partial charge in [-0.2, -0.15) is 8.78 Å². The van der Waals surface area contributed by atoms with E-state index in [1.54, 1.807) is 36.4 Å². The molecule has 0 saturated heterocycles. The van der Waals surface area contributed by atoms with Crippen LogP contribution >= 0.6 is 0 Å². The van der Waals surface area contributed by atoms with Crippen LogP contribution in [0.2, 0.25) is 0 Å². The molecule has 0 aliphatic heterocycles. The van der Waals surface area contributed by atoms with Gasteiger partial charge >= 0.3 is 0 Å². The van der Waals surface area contributed by atoms with Gasteiger partial charge in [0.25, 0.3) is 6.08 Å². The average Bonchev–Trinajstić information content (AvgIpc) is 2.61. The Hall–Kier alpha value is -2.05. The number of aryl methyl sites for hydroxylation is 1. The number of hydrogen-bond donors (Lipinski definition) is 1. The lowest BCUT2D eigenvalue weighted by atomic mass is 9.96. The zero-order valence-corrected chi connectivity index (χ0v) is 15.7. The number of halogens is 2. The molecule has 0 bridgehead atoms. The molecule has 0 aliphatic carbocycles. The zero-order valence-electron chi connectivity index (χ0n) is 14.9. The summed E-state index contributed by atoms with van der Waals surface area (Å²) in [6.07, 6.45) is 0.00245. The van der Waals surface area contributed by atoms with Gasteiger partial charge in [0.05, 0.1) is 4.90 Å².